The van der Waals surface area contributed by atoms with Crippen LogP contribution in [0.25, 0.3) is 0 Å². The van der Waals surface area contributed by atoms with Gasteiger partial charge in [0.25, 0.3) is 0 Å². The van der Waals surface area contributed by atoms with Crippen molar-refractivity contribution in [1.29, 1.82) is 0 Å². The van der Waals surface area contributed by atoms with Crippen LogP contribution in [0, 0.1) is 6.92 Å². The van der Waals surface area contributed by atoms with Gasteiger partial charge in [-0.2, -0.15) is 10.1 Å². The van der Waals surface area contributed by atoms with Crippen molar-refractivity contribution in [1.82, 2.24) is 15.2 Å². The Bertz CT molecular complexity index is 602. The largest absolute Gasteiger partial charge is 0.343 e. The van der Waals surface area contributed by atoms with Gasteiger partial charge in [-0.3, -0.25) is 0 Å². The molecule has 0 unspecified atom stereocenters. The monoisotopic (exact) mass is 305 g/mol. The smallest absolute Gasteiger partial charge is 0.247 e. The van der Waals surface area contributed by atoms with E-state index in [1.165, 1.54) is 0 Å². The number of hydrogen-bond donors (Lipinski definition) is 1. The third-order valence-electron chi connectivity index (χ3n) is 3.19. The minimum Gasteiger partial charge on any atom is -0.343 e. The first-order valence-electron chi connectivity index (χ1n) is 7.04. The Morgan fingerprint density at radius 3 is 2.86 bits per heavy atom. The van der Waals surface area contributed by atoms with Gasteiger partial charge < -0.3 is 10.2 Å². The predicted molar refractivity (Wildman–Crippen MR) is 87.5 cm³/mol. The lowest BCUT2D eigenvalue weighted by Gasteiger charge is -2.16. The van der Waals surface area contributed by atoms with Crippen LogP contribution in [0.5, 0.6) is 0 Å². The summed E-state index contributed by atoms with van der Waals surface area (Å²) in [5, 5.41) is 12.1. The summed E-state index contributed by atoms with van der Waals surface area (Å²) in [6, 6.07) is 5.69. The summed E-state index contributed by atoms with van der Waals surface area (Å²) in [5.41, 5.74) is 2.02. The van der Waals surface area contributed by atoms with E-state index in [4.69, 9.17) is 11.6 Å². The van der Waals surface area contributed by atoms with Gasteiger partial charge in [0.15, 0.2) is 5.82 Å². The van der Waals surface area contributed by atoms with Gasteiger partial charge in [0.05, 0.1) is 6.20 Å². The molecule has 0 aliphatic carbocycles. The molecule has 5 nitrogen and oxygen atoms in total. The second-order valence-electron chi connectivity index (χ2n) is 5.00. The van der Waals surface area contributed by atoms with E-state index in [-0.39, 0.29) is 0 Å². The summed E-state index contributed by atoms with van der Waals surface area (Å²) < 4.78 is 0. The second-order valence-corrected chi connectivity index (χ2v) is 5.44. The Kier molecular flexibility index (Phi) is 5.33. The highest BCUT2D eigenvalue weighted by molar-refractivity contribution is 6.30. The summed E-state index contributed by atoms with van der Waals surface area (Å²) in [5.74, 6) is 1.30. The van der Waals surface area contributed by atoms with Crippen molar-refractivity contribution in [3.05, 3.63) is 35.0 Å². The highest BCUT2D eigenvalue weighted by atomic mass is 35.5. The Morgan fingerprint density at radius 2 is 2.14 bits per heavy atom. The van der Waals surface area contributed by atoms with Crippen LogP contribution in [-0.4, -0.2) is 28.8 Å². The van der Waals surface area contributed by atoms with Gasteiger partial charge in [0.1, 0.15) is 0 Å². The minimum absolute atomic E-state index is 0.625. The number of aryl methyl sites for hydroxylation is 1. The van der Waals surface area contributed by atoms with Crippen LogP contribution < -0.4 is 10.2 Å². The number of hydrogen-bond acceptors (Lipinski definition) is 5. The molecule has 1 N–H and O–H groups in total. The van der Waals surface area contributed by atoms with Gasteiger partial charge in [-0.05, 0) is 37.1 Å². The molecule has 2 aromatic rings. The van der Waals surface area contributed by atoms with Crippen LogP contribution in [0.15, 0.2) is 24.4 Å². The molecule has 21 heavy (non-hydrogen) atoms. The fourth-order valence-corrected chi connectivity index (χ4v) is 2.14. The molecule has 0 radical (unpaired) electrons. The Morgan fingerprint density at radius 1 is 1.33 bits per heavy atom. The molecule has 0 bridgehead atoms. The number of nitrogens with one attached hydrogen (secondary N) is 1. The number of nitrogens with zero attached hydrogens (tertiary/aromatic N) is 4. The first-order valence-corrected chi connectivity index (χ1v) is 7.42. The molecule has 6 heteroatoms. The first kappa shape index (κ1) is 15.5. The average molecular weight is 306 g/mol. The third-order valence-corrected chi connectivity index (χ3v) is 3.42. The minimum atomic E-state index is 0.625. The first-order chi connectivity index (χ1) is 10.1. The molecule has 1 aromatic carbocycles. The van der Waals surface area contributed by atoms with E-state index in [0.717, 1.165) is 35.7 Å². The molecule has 0 amide bonds. The lowest BCUT2D eigenvalue weighted by molar-refractivity contribution is 0.741. The maximum atomic E-state index is 5.96. The van der Waals surface area contributed by atoms with E-state index in [0.29, 0.717) is 11.8 Å². The zero-order chi connectivity index (χ0) is 15.2. The normalized spacial score (nSPS) is 10.5. The van der Waals surface area contributed by atoms with Crippen LogP contribution in [0.1, 0.15) is 25.3 Å². The van der Waals surface area contributed by atoms with E-state index < -0.39 is 0 Å². The van der Waals surface area contributed by atoms with E-state index >= 15 is 0 Å². The summed E-state index contributed by atoms with van der Waals surface area (Å²) >= 11 is 5.96. The standard InChI is InChI=1S/C15H20ClN5/c1-4-5-8-21(3)15-19-14(10-17-20-15)18-13-7-6-12(16)9-11(13)2/h6-7,9-10H,4-5,8H2,1-3H3,(H,18,19,20). The van der Waals surface area contributed by atoms with E-state index in [9.17, 15) is 0 Å². The van der Waals surface area contributed by atoms with Crippen molar-refractivity contribution in [2.75, 3.05) is 23.8 Å². The Labute approximate surface area is 130 Å². The fraction of sp³-hybridized carbons (Fsp3) is 0.400. The number of unbranched alkanes of at least 4 members (excludes halogenated alkanes) is 1. The molecular weight excluding hydrogens is 286 g/mol. The zero-order valence-electron chi connectivity index (χ0n) is 12.6. The molecule has 1 heterocycles. The van der Waals surface area contributed by atoms with Crippen LogP contribution >= 0.6 is 11.6 Å². The topological polar surface area (TPSA) is 53.9 Å². The van der Waals surface area contributed by atoms with Gasteiger partial charge in [-0.15, -0.1) is 5.10 Å². The quantitative estimate of drug-likeness (QED) is 0.879. The molecule has 0 spiro atoms. The Hall–Kier alpha value is -1.88. The second kappa shape index (κ2) is 7.22. The van der Waals surface area contributed by atoms with Gasteiger partial charge in [0.2, 0.25) is 5.95 Å². The molecule has 0 atom stereocenters. The van der Waals surface area contributed by atoms with Crippen LogP contribution in [0.2, 0.25) is 5.02 Å². The predicted octanol–water partition coefficient (Wildman–Crippen LogP) is 3.81. The summed E-state index contributed by atoms with van der Waals surface area (Å²) in [7, 11) is 1.98. The van der Waals surface area contributed by atoms with Gasteiger partial charge in [-0.25, -0.2) is 0 Å². The van der Waals surface area contributed by atoms with Crippen molar-refractivity contribution in [3.63, 3.8) is 0 Å². The van der Waals surface area contributed by atoms with E-state index in [2.05, 4.69) is 27.4 Å². The van der Waals surface area contributed by atoms with Crippen LogP contribution in [0.4, 0.5) is 17.5 Å². The lowest BCUT2D eigenvalue weighted by atomic mass is 10.2. The Balaban J connectivity index is 2.13. The summed E-state index contributed by atoms with van der Waals surface area (Å²) in [6.07, 6.45) is 3.86. The maximum Gasteiger partial charge on any atom is 0.247 e. The lowest BCUT2D eigenvalue weighted by Crippen LogP contribution is -2.21. The SMILES string of the molecule is CCCCN(C)c1nncc(Nc2ccc(Cl)cc2C)n1. The van der Waals surface area contributed by atoms with Crippen molar-refractivity contribution in [3.8, 4) is 0 Å². The molecule has 1 aromatic heterocycles. The molecule has 112 valence electrons. The third kappa shape index (κ3) is 4.29. The van der Waals surface area contributed by atoms with E-state index in [1.54, 1.807) is 6.20 Å². The average Bonchev–Trinajstić information content (AvgIpc) is 2.48. The summed E-state index contributed by atoms with van der Waals surface area (Å²) in [4.78, 5) is 6.50. The van der Waals surface area contributed by atoms with Crippen molar-refractivity contribution in [2.45, 2.75) is 26.7 Å². The zero-order valence-corrected chi connectivity index (χ0v) is 13.4. The molecule has 0 fully saturated rings. The highest BCUT2D eigenvalue weighted by Gasteiger charge is 2.07. The number of benzene rings is 1. The molecule has 0 saturated carbocycles. The molecule has 0 aliphatic heterocycles. The number of rotatable bonds is 6. The number of aromatic nitrogens is 3. The fourth-order valence-electron chi connectivity index (χ4n) is 1.92. The van der Waals surface area contributed by atoms with E-state index in [1.807, 2.05) is 37.1 Å². The van der Waals surface area contributed by atoms with Crippen molar-refractivity contribution in [2.24, 2.45) is 0 Å². The maximum absolute atomic E-state index is 5.96. The molecule has 0 saturated heterocycles. The molecular formula is C15H20ClN5. The number of anilines is 3. The highest BCUT2D eigenvalue weighted by Crippen LogP contribution is 2.22. The van der Waals surface area contributed by atoms with Crippen LogP contribution in [-0.2, 0) is 0 Å². The molecule has 0 aliphatic rings. The van der Waals surface area contributed by atoms with Gasteiger partial charge in [0, 0.05) is 24.3 Å². The van der Waals surface area contributed by atoms with Crippen LogP contribution in [0.3, 0.4) is 0 Å². The van der Waals surface area contributed by atoms with Crippen molar-refractivity contribution >= 4 is 29.1 Å². The van der Waals surface area contributed by atoms with Crippen molar-refractivity contribution < 1.29 is 0 Å². The van der Waals surface area contributed by atoms with Gasteiger partial charge in [-0.1, -0.05) is 24.9 Å². The molecule has 2 rings (SSSR count). The van der Waals surface area contributed by atoms with Gasteiger partial charge >= 0.3 is 0 Å². The summed E-state index contributed by atoms with van der Waals surface area (Å²) in [6.45, 7) is 5.08. The number of halogens is 1.